The minimum Gasteiger partial charge on any atom is -0.493 e. The Morgan fingerprint density at radius 2 is 2.25 bits per heavy atom. The van der Waals surface area contributed by atoms with Crippen molar-refractivity contribution < 1.29 is 18.7 Å². The third kappa shape index (κ3) is 2.30. The van der Waals surface area contributed by atoms with Gasteiger partial charge in [-0.3, -0.25) is 0 Å². The van der Waals surface area contributed by atoms with E-state index in [0.717, 1.165) is 12.0 Å². The quantitative estimate of drug-likeness (QED) is 0.921. The first-order chi connectivity index (χ1) is 9.79. The summed E-state index contributed by atoms with van der Waals surface area (Å²) in [5.74, 6) is 1.54. The summed E-state index contributed by atoms with van der Waals surface area (Å²) >= 11 is 0. The van der Waals surface area contributed by atoms with E-state index in [1.54, 1.807) is 13.3 Å². The monoisotopic (exact) mass is 276 g/mol. The number of ether oxygens (including phenoxy) is 3. The minimum absolute atomic E-state index is 0.0196. The Bertz CT molecular complexity index is 591. The van der Waals surface area contributed by atoms with Crippen LogP contribution in [-0.4, -0.2) is 31.6 Å². The molecule has 0 saturated carbocycles. The summed E-state index contributed by atoms with van der Waals surface area (Å²) in [5.41, 5.74) is 7.28. The molecule has 0 amide bonds. The van der Waals surface area contributed by atoms with Gasteiger partial charge in [0.05, 0.1) is 32.1 Å². The van der Waals surface area contributed by atoms with E-state index in [4.69, 9.17) is 24.5 Å². The summed E-state index contributed by atoms with van der Waals surface area (Å²) in [4.78, 5) is 0. The molecule has 0 aliphatic carbocycles. The number of nitrogens with zero attached hydrogens (tertiary/aromatic N) is 1. The number of hydrogen-bond acceptors (Lipinski definition) is 6. The number of nitrogen functional groups attached to an aromatic ring is 1. The van der Waals surface area contributed by atoms with Gasteiger partial charge in [0, 0.05) is 12.0 Å². The van der Waals surface area contributed by atoms with Crippen LogP contribution in [-0.2, 0) is 4.74 Å². The summed E-state index contributed by atoms with van der Waals surface area (Å²) in [6.07, 6.45) is 2.45. The highest BCUT2D eigenvalue weighted by Gasteiger charge is 2.23. The summed E-state index contributed by atoms with van der Waals surface area (Å²) in [5, 5.41) is 3.71. The van der Waals surface area contributed by atoms with E-state index < -0.39 is 0 Å². The lowest BCUT2D eigenvalue weighted by atomic mass is 10.1. The molecule has 20 heavy (non-hydrogen) atoms. The summed E-state index contributed by atoms with van der Waals surface area (Å²) in [6.45, 7) is 1.29. The molecule has 1 saturated heterocycles. The number of para-hydroxylation sites is 1. The maximum Gasteiger partial charge on any atom is 0.230 e. The molecule has 1 atom stereocenters. The van der Waals surface area contributed by atoms with Crippen molar-refractivity contribution in [3.8, 4) is 22.6 Å². The lowest BCUT2D eigenvalue weighted by Crippen LogP contribution is -2.16. The molecule has 1 unspecified atom stereocenters. The zero-order valence-electron chi connectivity index (χ0n) is 11.2. The van der Waals surface area contributed by atoms with Crippen LogP contribution >= 0.6 is 0 Å². The van der Waals surface area contributed by atoms with Gasteiger partial charge in [-0.15, -0.1) is 0 Å². The lowest BCUT2D eigenvalue weighted by Gasteiger charge is -2.17. The highest BCUT2D eigenvalue weighted by atomic mass is 16.6. The van der Waals surface area contributed by atoms with Gasteiger partial charge in [0.1, 0.15) is 6.10 Å². The topological polar surface area (TPSA) is 79.7 Å². The molecule has 1 aromatic heterocycles. The Morgan fingerprint density at radius 3 is 2.90 bits per heavy atom. The molecule has 1 aliphatic heterocycles. The first-order valence-electron chi connectivity index (χ1n) is 6.41. The number of aromatic nitrogens is 1. The van der Waals surface area contributed by atoms with Crippen molar-refractivity contribution in [1.82, 2.24) is 5.16 Å². The summed E-state index contributed by atoms with van der Waals surface area (Å²) in [6, 6.07) is 5.62. The van der Waals surface area contributed by atoms with Crippen molar-refractivity contribution in [2.45, 2.75) is 12.5 Å². The molecule has 1 aliphatic rings. The molecule has 6 nitrogen and oxygen atoms in total. The van der Waals surface area contributed by atoms with Gasteiger partial charge in [0.25, 0.3) is 0 Å². The van der Waals surface area contributed by atoms with Crippen molar-refractivity contribution in [2.24, 2.45) is 0 Å². The molecule has 2 aromatic rings. The van der Waals surface area contributed by atoms with Gasteiger partial charge in [-0.05, 0) is 6.07 Å². The fourth-order valence-corrected chi connectivity index (χ4v) is 2.23. The number of methoxy groups -OCH3 is 1. The van der Waals surface area contributed by atoms with Crippen LogP contribution < -0.4 is 15.2 Å². The molecular weight excluding hydrogens is 260 g/mol. The molecule has 0 spiro atoms. The van der Waals surface area contributed by atoms with Crippen molar-refractivity contribution in [2.75, 3.05) is 26.1 Å². The zero-order valence-corrected chi connectivity index (χ0v) is 11.2. The van der Waals surface area contributed by atoms with E-state index in [9.17, 15) is 0 Å². The van der Waals surface area contributed by atoms with E-state index >= 15 is 0 Å². The van der Waals surface area contributed by atoms with E-state index in [0.29, 0.717) is 30.3 Å². The van der Waals surface area contributed by atoms with Crippen molar-refractivity contribution in [3.63, 3.8) is 0 Å². The second-order valence-electron chi connectivity index (χ2n) is 4.54. The molecule has 2 heterocycles. The second-order valence-corrected chi connectivity index (χ2v) is 4.54. The largest absolute Gasteiger partial charge is 0.493 e. The first kappa shape index (κ1) is 12.8. The van der Waals surface area contributed by atoms with Crippen LogP contribution in [0, 0.1) is 0 Å². The number of anilines is 1. The lowest BCUT2D eigenvalue weighted by molar-refractivity contribution is 0.139. The van der Waals surface area contributed by atoms with E-state index in [-0.39, 0.29) is 12.0 Å². The van der Waals surface area contributed by atoms with Gasteiger partial charge in [-0.2, -0.15) is 0 Å². The maximum atomic E-state index is 6.03. The van der Waals surface area contributed by atoms with Crippen molar-refractivity contribution in [1.29, 1.82) is 0 Å². The highest BCUT2D eigenvalue weighted by Crippen LogP contribution is 2.41. The molecule has 1 aromatic carbocycles. The van der Waals surface area contributed by atoms with Crippen LogP contribution in [0.4, 0.5) is 5.88 Å². The summed E-state index contributed by atoms with van der Waals surface area (Å²) in [7, 11) is 1.61. The number of benzene rings is 1. The SMILES string of the molecule is COc1cccc(-c2cnoc2N)c1OC1CCOC1. The summed E-state index contributed by atoms with van der Waals surface area (Å²) < 4.78 is 21.7. The van der Waals surface area contributed by atoms with Crippen LogP contribution in [0.25, 0.3) is 11.1 Å². The number of hydrogen-bond donors (Lipinski definition) is 1. The highest BCUT2D eigenvalue weighted by molar-refractivity contribution is 5.79. The third-order valence-corrected chi connectivity index (χ3v) is 3.26. The normalized spacial score (nSPS) is 18.1. The predicted molar refractivity (Wildman–Crippen MR) is 72.8 cm³/mol. The van der Waals surface area contributed by atoms with Crippen LogP contribution in [0.1, 0.15) is 6.42 Å². The Labute approximate surface area is 116 Å². The van der Waals surface area contributed by atoms with Crippen molar-refractivity contribution in [3.05, 3.63) is 24.4 Å². The van der Waals surface area contributed by atoms with Crippen LogP contribution in [0.2, 0.25) is 0 Å². The average Bonchev–Trinajstić information content (AvgIpc) is 3.11. The van der Waals surface area contributed by atoms with Gasteiger partial charge in [-0.1, -0.05) is 17.3 Å². The fraction of sp³-hybridized carbons (Fsp3) is 0.357. The standard InChI is InChI=1S/C14H16N2O4/c1-17-12-4-2-3-10(11-7-16-20-14(11)15)13(12)19-9-5-6-18-8-9/h2-4,7,9H,5-6,8,15H2,1H3. The van der Waals surface area contributed by atoms with Crippen LogP contribution in [0.15, 0.2) is 28.9 Å². The molecular formula is C14H16N2O4. The van der Waals surface area contributed by atoms with Gasteiger partial charge < -0.3 is 24.5 Å². The Hall–Kier alpha value is -2.21. The minimum atomic E-state index is 0.0196. The number of rotatable bonds is 4. The molecule has 0 bridgehead atoms. The maximum absolute atomic E-state index is 6.03. The number of nitrogens with two attached hydrogens (primary N) is 1. The van der Waals surface area contributed by atoms with Crippen LogP contribution in [0.5, 0.6) is 11.5 Å². The Balaban J connectivity index is 2.02. The van der Waals surface area contributed by atoms with Gasteiger partial charge in [0.15, 0.2) is 11.5 Å². The molecule has 6 heteroatoms. The van der Waals surface area contributed by atoms with Crippen LogP contribution in [0.3, 0.4) is 0 Å². The van der Waals surface area contributed by atoms with Gasteiger partial charge >= 0.3 is 0 Å². The van der Waals surface area contributed by atoms with E-state index in [1.807, 2.05) is 18.2 Å². The average molecular weight is 276 g/mol. The Kier molecular flexibility index (Phi) is 3.47. The molecule has 1 fully saturated rings. The smallest absolute Gasteiger partial charge is 0.230 e. The van der Waals surface area contributed by atoms with E-state index in [1.165, 1.54) is 0 Å². The predicted octanol–water partition coefficient (Wildman–Crippen LogP) is 2.10. The Morgan fingerprint density at radius 1 is 1.35 bits per heavy atom. The molecule has 2 N–H and O–H groups in total. The first-order valence-corrected chi connectivity index (χ1v) is 6.41. The fourth-order valence-electron chi connectivity index (χ4n) is 2.23. The zero-order chi connectivity index (χ0) is 13.9. The van der Waals surface area contributed by atoms with E-state index in [2.05, 4.69) is 5.16 Å². The third-order valence-electron chi connectivity index (χ3n) is 3.26. The van der Waals surface area contributed by atoms with Gasteiger partial charge in [0.2, 0.25) is 5.88 Å². The second kappa shape index (κ2) is 5.42. The molecule has 3 rings (SSSR count). The van der Waals surface area contributed by atoms with Crippen molar-refractivity contribution >= 4 is 5.88 Å². The molecule has 106 valence electrons. The molecule has 0 radical (unpaired) electrons. The van der Waals surface area contributed by atoms with Gasteiger partial charge in [-0.25, -0.2) is 0 Å².